The number of anilines is 2. The van der Waals surface area contributed by atoms with E-state index < -0.39 is 0 Å². The zero-order valence-corrected chi connectivity index (χ0v) is 17.7. The summed E-state index contributed by atoms with van der Waals surface area (Å²) in [7, 11) is 1.81. The van der Waals surface area contributed by atoms with Gasteiger partial charge in [-0.15, -0.1) is 0 Å². The van der Waals surface area contributed by atoms with Crippen LogP contribution in [0.2, 0.25) is 0 Å². The molecule has 0 amide bonds. The Morgan fingerprint density at radius 1 is 1.10 bits per heavy atom. The Morgan fingerprint density at radius 2 is 1.90 bits per heavy atom. The quantitative estimate of drug-likeness (QED) is 0.520. The van der Waals surface area contributed by atoms with Crippen molar-refractivity contribution in [3.63, 3.8) is 0 Å². The highest BCUT2D eigenvalue weighted by atomic mass is 16.1. The molecule has 1 aliphatic carbocycles. The Labute approximate surface area is 175 Å². The molecule has 0 radical (unpaired) electrons. The van der Waals surface area contributed by atoms with Crippen LogP contribution in [0.3, 0.4) is 0 Å². The normalized spacial score (nSPS) is 14.8. The molecular formula is C24H25N5O. The highest BCUT2D eigenvalue weighted by Crippen LogP contribution is 2.47. The summed E-state index contributed by atoms with van der Waals surface area (Å²) in [6.07, 6.45) is 4.22. The first-order valence-electron chi connectivity index (χ1n) is 10.2. The smallest absolute Gasteiger partial charge is 0.258 e. The number of aromatic amines is 1. The van der Waals surface area contributed by atoms with Crippen molar-refractivity contribution in [3.8, 4) is 11.1 Å². The molecule has 6 nitrogen and oxygen atoms in total. The molecule has 1 aliphatic rings. The summed E-state index contributed by atoms with van der Waals surface area (Å²) in [5.74, 6) is 0.791. The molecular weight excluding hydrogens is 374 g/mol. The monoisotopic (exact) mass is 399 g/mol. The van der Waals surface area contributed by atoms with Gasteiger partial charge in [0.05, 0.1) is 5.52 Å². The van der Waals surface area contributed by atoms with Crippen LogP contribution in [0.15, 0.2) is 47.4 Å². The number of nitrogens with zero attached hydrogens (tertiary/aromatic N) is 3. The molecule has 0 atom stereocenters. The lowest BCUT2D eigenvalue weighted by Crippen LogP contribution is -2.19. The molecule has 0 unspecified atom stereocenters. The van der Waals surface area contributed by atoms with E-state index in [9.17, 15) is 4.79 Å². The number of H-pyrrole nitrogens is 1. The van der Waals surface area contributed by atoms with Gasteiger partial charge >= 0.3 is 0 Å². The molecule has 0 spiro atoms. The number of fused-ring (bicyclic) bond motifs is 1. The van der Waals surface area contributed by atoms with E-state index in [1.54, 1.807) is 4.57 Å². The second-order valence-electron chi connectivity index (χ2n) is 8.69. The third-order valence-electron chi connectivity index (χ3n) is 6.27. The number of pyridine rings is 2. The Balaban J connectivity index is 1.55. The maximum absolute atomic E-state index is 13.1. The molecule has 5 rings (SSSR count). The van der Waals surface area contributed by atoms with Gasteiger partial charge in [0.25, 0.3) is 5.56 Å². The summed E-state index contributed by atoms with van der Waals surface area (Å²) in [5.41, 5.74) is 6.71. The summed E-state index contributed by atoms with van der Waals surface area (Å²) in [6, 6.07) is 12.0. The van der Waals surface area contributed by atoms with Gasteiger partial charge in [0.2, 0.25) is 0 Å². The number of aromatic nitrogens is 4. The van der Waals surface area contributed by atoms with Crippen LogP contribution < -0.4 is 10.9 Å². The maximum Gasteiger partial charge on any atom is 0.258 e. The van der Waals surface area contributed by atoms with E-state index in [0.29, 0.717) is 5.56 Å². The lowest BCUT2D eigenvalue weighted by molar-refractivity contribution is 0.742. The van der Waals surface area contributed by atoms with Crippen LogP contribution in [-0.2, 0) is 12.5 Å². The van der Waals surface area contributed by atoms with E-state index in [1.165, 1.54) is 18.5 Å². The Hall–Kier alpha value is -3.41. The number of benzene rings is 1. The van der Waals surface area contributed by atoms with Gasteiger partial charge in [0, 0.05) is 52.8 Å². The summed E-state index contributed by atoms with van der Waals surface area (Å²) >= 11 is 0. The van der Waals surface area contributed by atoms with Crippen molar-refractivity contribution in [3.05, 3.63) is 69.9 Å². The fourth-order valence-corrected chi connectivity index (χ4v) is 3.95. The van der Waals surface area contributed by atoms with Gasteiger partial charge in [-0.05, 0) is 62.1 Å². The van der Waals surface area contributed by atoms with Crippen LogP contribution in [0.25, 0.3) is 22.0 Å². The van der Waals surface area contributed by atoms with Gasteiger partial charge in [-0.25, -0.2) is 0 Å². The average molecular weight is 399 g/mol. The van der Waals surface area contributed by atoms with E-state index in [2.05, 4.69) is 33.5 Å². The van der Waals surface area contributed by atoms with Crippen molar-refractivity contribution < 1.29 is 0 Å². The molecule has 1 saturated carbocycles. The third kappa shape index (κ3) is 3.09. The van der Waals surface area contributed by atoms with Gasteiger partial charge in [-0.1, -0.05) is 13.0 Å². The Bertz CT molecular complexity index is 1340. The number of rotatable bonds is 4. The first-order valence-corrected chi connectivity index (χ1v) is 10.2. The molecule has 0 bridgehead atoms. The number of aryl methyl sites for hydroxylation is 3. The summed E-state index contributed by atoms with van der Waals surface area (Å²) in [4.78, 5) is 17.5. The van der Waals surface area contributed by atoms with E-state index >= 15 is 0 Å². The molecule has 152 valence electrons. The number of nitrogens with one attached hydrogen (secondary N) is 2. The van der Waals surface area contributed by atoms with Crippen molar-refractivity contribution >= 4 is 22.4 Å². The minimum absolute atomic E-state index is 0.0166. The van der Waals surface area contributed by atoms with Crippen LogP contribution in [-0.4, -0.2) is 19.7 Å². The first kappa shape index (κ1) is 18.6. The second kappa shape index (κ2) is 6.55. The number of hydrogen-bond donors (Lipinski definition) is 2. The molecule has 3 aromatic heterocycles. The van der Waals surface area contributed by atoms with E-state index in [1.807, 2.05) is 57.4 Å². The van der Waals surface area contributed by atoms with Gasteiger partial charge in [-0.3, -0.25) is 14.9 Å². The van der Waals surface area contributed by atoms with Crippen LogP contribution >= 0.6 is 0 Å². The zero-order valence-electron chi connectivity index (χ0n) is 17.7. The average Bonchev–Trinajstić information content (AvgIpc) is 3.29. The summed E-state index contributed by atoms with van der Waals surface area (Å²) in [5, 5.41) is 11.9. The molecule has 30 heavy (non-hydrogen) atoms. The van der Waals surface area contributed by atoms with Crippen molar-refractivity contribution in [2.45, 2.75) is 39.0 Å². The lowest BCUT2D eigenvalue weighted by Gasteiger charge is -2.13. The fraction of sp³-hybridized carbons (Fsp3) is 0.292. The standard InChI is InChI=1S/C24H25N5O/c1-14-5-6-17(26-22-12-21(27-28-22)24(3)7-8-24)11-18(14)19-10-16-13-25-15(2)9-20(16)29(4)23(19)30/h5-6,9-13H,7-8H2,1-4H3,(H2,26,27,28). The van der Waals surface area contributed by atoms with Crippen molar-refractivity contribution in [2.75, 3.05) is 5.32 Å². The lowest BCUT2D eigenvalue weighted by atomic mass is 9.99. The molecule has 0 aliphatic heterocycles. The molecule has 0 saturated heterocycles. The van der Waals surface area contributed by atoms with Crippen LogP contribution in [0.5, 0.6) is 0 Å². The van der Waals surface area contributed by atoms with Gasteiger partial charge in [0.15, 0.2) is 5.82 Å². The van der Waals surface area contributed by atoms with Gasteiger partial charge < -0.3 is 9.88 Å². The first-order chi connectivity index (χ1) is 14.3. The minimum atomic E-state index is -0.0166. The predicted octanol–water partition coefficient (Wildman–Crippen LogP) is 4.74. The molecule has 6 heteroatoms. The largest absolute Gasteiger partial charge is 0.339 e. The van der Waals surface area contributed by atoms with E-state index in [-0.39, 0.29) is 11.0 Å². The summed E-state index contributed by atoms with van der Waals surface area (Å²) < 4.78 is 1.70. The third-order valence-corrected chi connectivity index (χ3v) is 6.27. The van der Waals surface area contributed by atoms with Crippen molar-refractivity contribution in [1.29, 1.82) is 0 Å². The fourth-order valence-electron chi connectivity index (χ4n) is 3.95. The molecule has 1 aromatic carbocycles. The molecule has 1 fully saturated rings. The summed E-state index contributed by atoms with van der Waals surface area (Å²) in [6.45, 7) is 6.21. The van der Waals surface area contributed by atoms with Gasteiger partial charge in [0.1, 0.15) is 0 Å². The predicted molar refractivity (Wildman–Crippen MR) is 120 cm³/mol. The Morgan fingerprint density at radius 3 is 2.67 bits per heavy atom. The molecule has 4 aromatic rings. The van der Waals surface area contributed by atoms with Crippen LogP contribution in [0.4, 0.5) is 11.5 Å². The minimum Gasteiger partial charge on any atom is -0.339 e. The molecule has 2 N–H and O–H groups in total. The van der Waals surface area contributed by atoms with Crippen molar-refractivity contribution in [2.24, 2.45) is 7.05 Å². The molecule has 3 heterocycles. The SMILES string of the molecule is Cc1cc2c(cn1)cc(-c1cc(Nc3cc(C4(C)CC4)[nH]n3)ccc1C)c(=O)n2C. The van der Waals surface area contributed by atoms with Crippen LogP contribution in [0, 0.1) is 13.8 Å². The highest BCUT2D eigenvalue weighted by Gasteiger charge is 2.40. The second-order valence-corrected chi connectivity index (χ2v) is 8.69. The number of hydrogen-bond acceptors (Lipinski definition) is 4. The van der Waals surface area contributed by atoms with Crippen molar-refractivity contribution in [1.82, 2.24) is 19.7 Å². The van der Waals surface area contributed by atoms with Crippen LogP contribution in [0.1, 0.15) is 36.7 Å². The Kier molecular flexibility index (Phi) is 4.07. The zero-order chi connectivity index (χ0) is 21.0. The topological polar surface area (TPSA) is 75.6 Å². The van der Waals surface area contributed by atoms with E-state index in [4.69, 9.17) is 0 Å². The maximum atomic E-state index is 13.1. The highest BCUT2D eigenvalue weighted by molar-refractivity contribution is 5.85. The van der Waals surface area contributed by atoms with E-state index in [0.717, 1.165) is 39.2 Å². The van der Waals surface area contributed by atoms with Gasteiger partial charge in [-0.2, -0.15) is 5.10 Å².